The first-order chi connectivity index (χ1) is 7.81. The number of hydrogen-bond donors (Lipinski definition) is 1. The predicted molar refractivity (Wildman–Crippen MR) is 54.6 cm³/mol. The first-order valence-electron chi connectivity index (χ1n) is 4.70. The van der Waals surface area contributed by atoms with Gasteiger partial charge in [-0.3, -0.25) is 4.79 Å². The Balaban J connectivity index is 2.65. The maximum atomic E-state index is 11.8. The Kier molecular flexibility index (Phi) is 4.06. The number of aromatic nitrogens is 1. The number of hydrogen-bond acceptors (Lipinski definition) is 4. The van der Waals surface area contributed by atoms with Gasteiger partial charge in [0.2, 0.25) is 0 Å². The third-order valence-electron chi connectivity index (χ3n) is 1.97. The first-order valence-corrected chi connectivity index (χ1v) is 4.70. The van der Waals surface area contributed by atoms with Crippen LogP contribution in [0.25, 0.3) is 0 Å². The Morgan fingerprint density at radius 3 is 2.71 bits per heavy atom. The molecule has 0 aliphatic heterocycles. The second-order valence-electron chi connectivity index (χ2n) is 3.42. The van der Waals surface area contributed by atoms with Gasteiger partial charge in [0.15, 0.2) is 5.78 Å². The molecule has 94 valence electrons. The van der Waals surface area contributed by atoms with Crippen LogP contribution in [-0.2, 0) is 4.74 Å². The highest BCUT2D eigenvalue weighted by Crippen LogP contribution is 2.17. The summed E-state index contributed by atoms with van der Waals surface area (Å²) in [5.74, 6) is -0.622. The highest BCUT2D eigenvalue weighted by molar-refractivity contribution is 6.02. The number of alkyl halides is 3. The van der Waals surface area contributed by atoms with E-state index in [-0.39, 0.29) is 11.4 Å². The topological polar surface area (TPSA) is 65.2 Å². The van der Waals surface area contributed by atoms with Crippen molar-refractivity contribution < 1.29 is 22.7 Å². The standard InChI is InChI=1S/C10H11F3N2O2/c1-6-2-3-15-9(14)8(6)7(16)4-17-5-10(11,12)13/h2-3H,4-5H2,1H3,(H2,14,15). The van der Waals surface area contributed by atoms with Gasteiger partial charge in [0.25, 0.3) is 0 Å². The van der Waals surface area contributed by atoms with E-state index in [9.17, 15) is 18.0 Å². The maximum absolute atomic E-state index is 11.8. The minimum atomic E-state index is -4.45. The lowest BCUT2D eigenvalue weighted by atomic mass is 10.1. The highest BCUT2D eigenvalue weighted by Gasteiger charge is 2.28. The molecule has 2 N–H and O–H groups in total. The van der Waals surface area contributed by atoms with Gasteiger partial charge >= 0.3 is 6.18 Å². The average Bonchev–Trinajstić information content (AvgIpc) is 2.15. The number of rotatable bonds is 4. The van der Waals surface area contributed by atoms with E-state index >= 15 is 0 Å². The van der Waals surface area contributed by atoms with Gasteiger partial charge in [0.05, 0.1) is 5.56 Å². The minimum Gasteiger partial charge on any atom is -0.383 e. The van der Waals surface area contributed by atoms with Crippen molar-refractivity contribution >= 4 is 11.6 Å². The van der Waals surface area contributed by atoms with Crippen molar-refractivity contribution in [2.24, 2.45) is 0 Å². The van der Waals surface area contributed by atoms with Crippen molar-refractivity contribution in [1.29, 1.82) is 0 Å². The monoisotopic (exact) mass is 248 g/mol. The summed E-state index contributed by atoms with van der Waals surface area (Å²) in [6, 6.07) is 1.55. The molecule has 1 rings (SSSR count). The molecular formula is C10H11F3N2O2. The molecule has 0 saturated heterocycles. The summed E-state index contributed by atoms with van der Waals surface area (Å²) in [7, 11) is 0. The fraction of sp³-hybridized carbons (Fsp3) is 0.400. The van der Waals surface area contributed by atoms with Crippen LogP contribution in [0.2, 0.25) is 0 Å². The number of nitrogens with zero attached hydrogens (tertiary/aromatic N) is 1. The van der Waals surface area contributed by atoms with Crippen LogP contribution in [0.3, 0.4) is 0 Å². The number of carbonyl (C=O) groups is 1. The average molecular weight is 248 g/mol. The molecule has 0 spiro atoms. The summed E-state index contributed by atoms with van der Waals surface area (Å²) in [5.41, 5.74) is 6.13. The van der Waals surface area contributed by atoms with E-state index in [1.54, 1.807) is 13.0 Å². The normalized spacial score (nSPS) is 11.5. The second-order valence-corrected chi connectivity index (χ2v) is 3.42. The largest absolute Gasteiger partial charge is 0.411 e. The molecule has 1 aromatic heterocycles. The highest BCUT2D eigenvalue weighted by atomic mass is 19.4. The lowest BCUT2D eigenvalue weighted by molar-refractivity contribution is -0.170. The van der Waals surface area contributed by atoms with Gasteiger partial charge in [0, 0.05) is 6.20 Å². The van der Waals surface area contributed by atoms with Crippen molar-refractivity contribution in [3.05, 3.63) is 23.4 Å². The summed E-state index contributed by atoms with van der Waals surface area (Å²) in [5, 5.41) is 0. The zero-order valence-electron chi connectivity index (χ0n) is 9.04. The summed E-state index contributed by atoms with van der Waals surface area (Å²) < 4.78 is 39.6. The van der Waals surface area contributed by atoms with Gasteiger partial charge in [-0.25, -0.2) is 4.98 Å². The molecule has 0 saturated carbocycles. The quantitative estimate of drug-likeness (QED) is 0.824. The van der Waals surface area contributed by atoms with Gasteiger partial charge in [-0.05, 0) is 18.6 Å². The molecule has 1 heterocycles. The summed E-state index contributed by atoms with van der Waals surface area (Å²) >= 11 is 0. The van der Waals surface area contributed by atoms with E-state index in [0.29, 0.717) is 5.56 Å². The SMILES string of the molecule is Cc1ccnc(N)c1C(=O)COCC(F)(F)F. The van der Waals surface area contributed by atoms with Crippen LogP contribution in [-0.4, -0.2) is 30.2 Å². The van der Waals surface area contributed by atoms with E-state index < -0.39 is 25.2 Å². The Morgan fingerprint density at radius 1 is 1.53 bits per heavy atom. The number of anilines is 1. The van der Waals surface area contributed by atoms with E-state index in [2.05, 4.69) is 9.72 Å². The van der Waals surface area contributed by atoms with Crippen molar-refractivity contribution in [3.63, 3.8) is 0 Å². The van der Waals surface area contributed by atoms with Crippen molar-refractivity contribution in [3.8, 4) is 0 Å². The number of aryl methyl sites for hydroxylation is 1. The molecule has 4 nitrogen and oxygen atoms in total. The molecule has 0 radical (unpaired) electrons. The van der Waals surface area contributed by atoms with Gasteiger partial charge in [-0.1, -0.05) is 0 Å². The van der Waals surface area contributed by atoms with Crippen LogP contribution in [0.4, 0.5) is 19.0 Å². The van der Waals surface area contributed by atoms with Gasteiger partial charge in [-0.2, -0.15) is 13.2 Å². The predicted octanol–water partition coefficient (Wildman–Crippen LogP) is 1.73. The molecule has 7 heteroatoms. The number of pyridine rings is 1. The Hall–Kier alpha value is -1.63. The lowest BCUT2D eigenvalue weighted by Gasteiger charge is -2.09. The maximum Gasteiger partial charge on any atom is 0.411 e. The van der Waals surface area contributed by atoms with E-state index in [0.717, 1.165) is 0 Å². The number of nitrogen functional groups attached to an aromatic ring is 1. The molecule has 0 amide bonds. The molecule has 0 aliphatic rings. The Bertz CT molecular complexity index is 398. The fourth-order valence-corrected chi connectivity index (χ4v) is 1.27. The molecule has 0 fully saturated rings. The van der Waals surface area contributed by atoms with Crippen LogP contribution in [0.15, 0.2) is 12.3 Å². The number of ketones is 1. The molecule has 1 aromatic rings. The third kappa shape index (κ3) is 4.03. The minimum absolute atomic E-state index is 0.00870. The zero-order chi connectivity index (χ0) is 13.1. The van der Waals surface area contributed by atoms with Gasteiger partial charge < -0.3 is 10.5 Å². The van der Waals surface area contributed by atoms with Crippen LogP contribution in [0.5, 0.6) is 0 Å². The number of nitrogens with two attached hydrogens (primary N) is 1. The molecule has 0 unspecified atom stereocenters. The van der Waals surface area contributed by atoms with Crippen molar-refractivity contribution in [2.45, 2.75) is 13.1 Å². The number of Topliss-reactive ketones (excluding diaryl/α,β-unsaturated/α-hetero) is 1. The Labute approximate surface area is 95.6 Å². The van der Waals surface area contributed by atoms with E-state index in [1.807, 2.05) is 0 Å². The zero-order valence-corrected chi connectivity index (χ0v) is 9.04. The number of halogens is 3. The molecule has 0 bridgehead atoms. The Morgan fingerprint density at radius 2 is 2.18 bits per heavy atom. The van der Waals surface area contributed by atoms with Crippen molar-refractivity contribution in [2.75, 3.05) is 18.9 Å². The number of carbonyl (C=O) groups excluding carboxylic acids is 1. The summed E-state index contributed by atoms with van der Waals surface area (Å²) in [6.45, 7) is -0.511. The summed E-state index contributed by atoms with van der Waals surface area (Å²) in [4.78, 5) is 15.3. The van der Waals surface area contributed by atoms with Crippen LogP contribution in [0, 0.1) is 6.92 Å². The lowest BCUT2D eigenvalue weighted by Crippen LogP contribution is -2.21. The summed E-state index contributed by atoms with van der Waals surface area (Å²) in [6.07, 6.45) is -3.03. The van der Waals surface area contributed by atoms with Crippen molar-refractivity contribution in [1.82, 2.24) is 4.98 Å². The second kappa shape index (κ2) is 5.13. The first kappa shape index (κ1) is 13.4. The van der Waals surface area contributed by atoms with E-state index in [4.69, 9.17) is 5.73 Å². The van der Waals surface area contributed by atoms with Crippen LogP contribution >= 0.6 is 0 Å². The molecule has 0 aliphatic carbocycles. The van der Waals surface area contributed by atoms with Crippen LogP contribution in [0.1, 0.15) is 15.9 Å². The molecule has 17 heavy (non-hydrogen) atoms. The number of ether oxygens (including phenoxy) is 1. The fourth-order valence-electron chi connectivity index (χ4n) is 1.27. The van der Waals surface area contributed by atoms with Crippen LogP contribution < -0.4 is 5.73 Å². The molecule has 0 atom stereocenters. The third-order valence-corrected chi connectivity index (χ3v) is 1.97. The van der Waals surface area contributed by atoms with E-state index in [1.165, 1.54) is 6.20 Å². The van der Waals surface area contributed by atoms with Gasteiger partial charge in [0.1, 0.15) is 19.0 Å². The molecule has 0 aromatic carbocycles. The smallest absolute Gasteiger partial charge is 0.383 e. The molecular weight excluding hydrogens is 237 g/mol. The van der Waals surface area contributed by atoms with Gasteiger partial charge in [-0.15, -0.1) is 0 Å².